The lowest BCUT2D eigenvalue weighted by molar-refractivity contribution is -0.137. The molecule has 1 heterocycles. The van der Waals surface area contributed by atoms with E-state index in [1.54, 1.807) is 20.8 Å². The van der Waals surface area contributed by atoms with Gasteiger partial charge in [0.25, 0.3) is 5.91 Å². The van der Waals surface area contributed by atoms with E-state index in [-0.39, 0.29) is 16.9 Å². The number of pyridine rings is 1. The highest BCUT2D eigenvalue weighted by Crippen LogP contribution is 2.34. The number of halogens is 3. The Hall–Kier alpha value is -3.10. The monoisotopic (exact) mass is 381 g/mol. The van der Waals surface area contributed by atoms with Crippen LogP contribution in [0, 0.1) is 0 Å². The fraction of sp³-hybridized carbons (Fsp3) is 0.278. The summed E-state index contributed by atoms with van der Waals surface area (Å²) in [7, 11) is 0. The third kappa shape index (κ3) is 5.98. The van der Waals surface area contributed by atoms with Gasteiger partial charge in [-0.1, -0.05) is 0 Å². The fourth-order valence-corrected chi connectivity index (χ4v) is 2.04. The minimum absolute atomic E-state index is 0.0329. The Balaban J connectivity index is 2.33. The van der Waals surface area contributed by atoms with Gasteiger partial charge in [-0.15, -0.1) is 0 Å². The molecule has 27 heavy (non-hydrogen) atoms. The molecule has 0 aliphatic heterocycles. The first-order valence-electron chi connectivity index (χ1n) is 7.88. The van der Waals surface area contributed by atoms with E-state index in [0.29, 0.717) is 0 Å². The number of aromatic nitrogens is 1. The maximum atomic E-state index is 13.0. The molecule has 2 rings (SSSR count). The van der Waals surface area contributed by atoms with Crippen LogP contribution in [0.25, 0.3) is 0 Å². The van der Waals surface area contributed by atoms with Crippen molar-refractivity contribution >= 4 is 23.4 Å². The van der Waals surface area contributed by atoms with Crippen LogP contribution in [0.15, 0.2) is 42.7 Å². The van der Waals surface area contributed by atoms with Crippen LogP contribution in [0.2, 0.25) is 0 Å². The first-order valence-corrected chi connectivity index (χ1v) is 7.88. The van der Waals surface area contributed by atoms with Crippen molar-refractivity contribution < 1.29 is 27.5 Å². The van der Waals surface area contributed by atoms with E-state index in [2.05, 4.69) is 15.6 Å². The molecule has 9 heteroatoms. The molecule has 0 bridgehead atoms. The molecule has 6 nitrogen and oxygen atoms in total. The first-order chi connectivity index (χ1) is 12.5. The first kappa shape index (κ1) is 20.2. The van der Waals surface area contributed by atoms with Crippen molar-refractivity contribution in [1.29, 1.82) is 0 Å². The van der Waals surface area contributed by atoms with E-state index >= 15 is 0 Å². The summed E-state index contributed by atoms with van der Waals surface area (Å²) in [4.78, 5) is 28.0. The number of carbonyl (C=O) groups excluding carboxylic acids is 2. The molecule has 0 saturated heterocycles. The number of ether oxygens (including phenoxy) is 1. The molecule has 0 fully saturated rings. The van der Waals surface area contributed by atoms with Crippen molar-refractivity contribution in [3.8, 4) is 0 Å². The van der Waals surface area contributed by atoms with Gasteiger partial charge in [0.15, 0.2) is 0 Å². The Morgan fingerprint density at radius 3 is 2.30 bits per heavy atom. The molecule has 2 amide bonds. The summed E-state index contributed by atoms with van der Waals surface area (Å²) >= 11 is 0. The number of hydrogen-bond donors (Lipinski definition) is 2. The number of rotatable bonds is 3. The van der Waals surface area contributed by atoms with Crippen molar-refractivity contribution in [2.24, 2.45) is 0 Å². The van der Waals surface area contributed by atoms with Gasteiger partial charge >= 0.3 is 12.3 Å². The highest BCUT2D eigenvalue weighted by atomic mass is 19.4. The molecule has 0 aliphatic carbocycles. The molecular weight excluding hydrogens is 363 g/mol. The van der Waals surface area contributed by atoms with Gasteiger partial charge in [0.1, 0.15) is 5.60 Å². The number of carbonyl (C=O) groups is 2. The second kappa shape index (κ2) is 7.65. The molecule has 1 aromatic heterocycles. The summed E-state index contributed by atoms with van der Waals surface area (Å²) in [5, 5.41) is 4.70. The van der Waals surface area contributed by atoms with Crippen LogP contribution in [-0.2, 0) is 10.9 Å². The molecule has 0 unspecified atom stereocenters. The molecule has 1 aromatic carbocycles. The minimum atomic E-state index is -4.61. The summed E-state index contributed by atoms with van der Waals surface area (Å²) < 4.78 is 44.1. The Labute approximate surface area is 153 Å². The normalized spacial score (nSPS) is 11.6. The van der Waals surface area contributed by atoms with Gasteiger partial charge in [0.05, 0.1) is 22.5 Å². The molecule has 0 saturated carbocycles. The van der Waals surface area contributed by atoms with E-state index in [4.69, 9.17) is 4.74 Å². The maximum Gasteiger partial charge on any atom is 0.416 e. The summed E-state index contributed by atoms with van der Waals surface area (Å²) in [5.74, 6) is -0.672. The highest BCUT2D eigenvalue weighted by molar-refractivity contribution is 6.06. The summed E-state index contributed by atoms with van der Waals surface area (Å²) in [6.45, 7) is 4.93. The number of anilines is 2. The molecule has 0 radical (unpaired) electrons. The van der Waals surface area contributed by atoms with Gasteiger partial charge in [0.2, 0.25) is 0 Å². The lowest BCUT2D eigenvalue weighted by atomic mass is 10.1. The number of alkyl halides is 3. The smallest absolute Gasteiger partial charge is 0.416 e. The fourth-order valence-electron chi connectivity index (χ4n) is 2.04. The quantitative estimate of drug-likeness (QED) is 0.808. The highest BCUT2D eigenvalue weighted by Gasteiger charge is 2.31. The lowest BCUT2D eigenvalue weighted by Crippen LogP contribution is -2.27. The Bertz CT molecular complexity index is 831. The van der Waals surface area contributed by atoms with Crippen LogP contribution in [0.4, 0.5) is 29.3 Å². The zero-order chi connectivity index (χ0) is 20.2. The number of amides is 2. The molecule has 0 spiro atoms. The van der Waals surface area contributed by atoms with Crippen LogP contribution in [0.3, 0.4) is 0 Å². The predicted molar refractivity (Wildman–Crippen MR) is 93.5 cm³/mol. The topological polar surface area (TPSA) is 80.3 Å². The van der Waals surface area contributed by atoms with Crippen molar-refractivity contribution in [3.63, 3.8) is 0 Å². The van der Waals surface area contributed by atoms with Crippen LogP contribution >= 0.6 is 0 Å². The molecule has 2 aromatic rings. The molecule has 2 N–H and O–H groups in total. The number of nitrogens with zero attached hydrogens (tertiary/aromatic N) is 1. The van der Waals surface area contributed by atoms with Gasteiger partial charge in [-0.2, -0.15) is 13.2 Å². The van der Waals surface area contributed by atoms with E-state index in [9.17, 15) is 22.8 Å². The second-order valence-corrected chi connectivity index (χ2v) is 6.58. The molecule has 0 aliphatic rings. The number of hydrogen-bond acceptors (Lipinski definition) is 4. The van der Waals surface area contributed by atoms with Gasteiger partial charge in [-0.3, -0.25) is 15.1 Å². The third-order valence-electron chi connectivity index (χ3n) is 3.15. The third-order valence-corrected chi connectivity index (χ3v) is 3.15. The lowest BCUT2D eigenvalue weighted by Gasteiger charge is -2.21. The number of nitrogens with one attached hydrogen (secondary N) is 2. The molecule has 0 atom stereocenters. The van der Waals surface area contributed by atoms with Crippen LogP contribution in [0.5, 0.6) is 0 Å². The summed E-state index contributed by atoms with van der Waals surface area (Å²) in [6.07, 6.45) is -2.75. The van der Waals surface area contributed by atoms with Crippen LogP contribution in [-0.4, -0.2) is 22.6 Å². The van der Waals surface area contributed by atoms with Gasteiger partial charge in [-0.05, 0) is 51.1 Å². The Morgan fingerprint density at radius 2 is 1.74 bits per heavy atom. The van der Waals surface area contributed by atoms with Gasteiger partial charge < -0.3 is 10.1 Å². The maximum absolute atomic E-state index is 13.0. The largest absolute Gasteiger partial charge is 0.444 e. The zero-order valence-electron chi connectivity index (χ0n) is 14.8. The second-order valence-electron chi connectivity index (χ2n) is 6.58. The summed E-state index contributed by atoms with van der Waals surface area (Å²) in [6, 6.07) is 5.55. The van der Waals surface area contributed by atoms with E-state index < -0.39 is 29.3 Å². The summed E-state index contributed by atoms with van der Waals surface area (Å²) in [5.41, 5.74) is -1.87. The van der Waals surface area contributed by atoms with Crippen molar-refractivity contribution in [2.75, 3.05) is 10.6 Å². The van der Waals surface area contributed by atoms with Crippen LogP contribution < -0.4 is 10.6 Å². The zero-order valence-corrected chi connectivity index (χ0v) is 14.8. The SMILES string of the molecule is CC(C)(C)OC(=O)Nc1ccc(C(F)(F)F)cc1NC(=O)c1cccnc1. The minimum Gasteiger partial charge on any atom is -0.444 e. The average Bonchev–Trinajstić information content (AvgIpc) is 2.54. The average molecular weight is 381 g/mol. The van der Waals surface area contributed by atoms with Crippen LogP contribution in [0.1, 0.15) is 36.7 Å². The Morgan fingerprint density at radius 1 is 1.04 bits per heavy atom. The van der Waals surface area contributed by atoms with Crippen molar-refractivity contribution in [3.05, 3.63) is 53.9 Å². The standard InChI is InChI=1S/C18H18F3N3O3/c1-17(2,3)27-16(26)24-13-7-6-12(18(19,20)21)9-14(13)23-15(25)11-5-4-8-22-10-11/h4-10H,1-3H3,(H,23,25)(H,24,26). The number of benzene rings is 1. The van der Waals surface area contributed by atoms with Crippen molar-refractivity contribution in [2.45, 2.75) is 32.5 Å². The molecular formula is C18H18F3N3O3. The van der Waals surface area contributed by atoms with E-state index in [0.717, 1.165) is 18.2 Å². The van der Waals surface area contributed by atoms with Gasteiger partial charge in [-0.25, -0.2) is 4.79 Å². The van der Waals surface area contributed by atoms with E-state index in [1.807, 2.05) is 0 Å². The predicted octanol–water partition coefficient (Wildman–Crippen LogP) is 4.70. The van der Waals surface area contributed by atoms with E-state index in [1.165, 1.54) is 24.5 Å². The van der Waals surface area contributed by atoms with Gasteiger partial charge in [0, 0.05) is 12.4 Å². The molecule has 144 valence electrons. The van der Waals surface area contributed by atoms with Crippen molar-refractivity contribution in [1.82, 2.24) is 4.98 Å². The Kier molecular flexibility index (Phi) is 5.72.